The lowest BCUT2D eigenvalue weighted by Gasteiger charge is -2.19. The van der Waals surface area contributed by atoms with E-state index in [-0.39, 0.29) is 12.5 Å². The standard InChI is InChI=1S/C19H23N3O/c1-14-7-2-5-11-17(14)21-22-19(23)13-20-18-12-6-9-15-8-3-4-10-16(15)18/h3-4,6,8-10,12,14,20H,2,5,7,11,13H2,1H3,(H,22,23)/b21-17+/t14-/m1/s1. The molecule has 3 rings (SSSR count). The second-order valence-electron chi connectivity index (χ2n) is 6.17. The number of benzene rings is 2. The minimum Gasteiger partial charge on any atom is -0.376 e. The molecule has 120 valence electrons. The molecule has 2 aromatic rings. The molecule has 1 amide bonds. The Labute approximate surface area is 137 Å². The van der Waals surface area contributed by atoms with Gasteiger partial charge in [0.25, 0.3) is 5.91 Å². The van der Waals surface area contributed by atoms with Crippen molar-refractivity contribution in [3.63, 3.8) is 0 Å². The van der Waals surface area contributed by atoms with Crippen LogP contribution in [0.15, 0.2) is 47.6 Å². The van der Waals surface area contributed by atoms with Gasteiger partial charge in [0.1, 0.15) is 0 Å². The molecule has 1 saturated carbocycles. The topological polar surface area (TPSA) is 53.5 Å². The maximum atomic E-state index is 12.0. The molecule has 1 atom stereocenters. The monoisotopic (exact) mass is 309 g/mol. The Balaban J connectivity index is 1.59. The predicted molar refractivity (Wildman–Crippen MR) is 95.6 cm³/mol. The van der Waals surface area contributed by atoms with E-state index in [2.05, 4.69) is 41.0 Å². The minimum atomic E-state index is -0.108. The Bertz CT molecular complexity index is 718. The van der Waals surface area contributed by atoms with Crippen molar-refractivity contribution in [3.8, 4) is 0 Å². The summed E-state index contributed by atoms with van der Waals surface area (Å²) in [6.45, 7) is 2.40. The molecule has 0 aromatic heterocycles. The van der Waals surface area contributed by atoms with E-state index in [0.717, 1.165) is 28.6 Å². The summed E-state index contributed by atoms with van der Waals surface area (Å²) in [5, 5.41) is 9.80. The molecule has 0 spiro atoms. The van der Waals surface area contributed by atoms with E-state index >= 15 is 0 Å². The summed E-state index contributed by atoms with van der Waals surface area (Å²) in [5.41, 5.74) is 4.78. The summed E-state index contributed by atoms with van der Waals surface area (Å²) in [5.74, 6) is 0.373. The highest BCUT2D eigenvalue weighted by Crippen LogP contribution is 2.23. The van der Waals surface area contributed by atoms with Crippen LogP contribution >= 0.6 is 0 Å². The van der Waals surface area contributed by atoms with Crippen molar-refractivity contribution in [2.24, 2.45) is 11.0 Å². The Morgan fingerprint density at radius 1 is 1.17 bits per heavy atom. The molecule has 0 heterocycles. The highest BCUT2D eigenvalue weighted by Gasteiger charge is 2.16. The van der Waals surface area contributed by atoms with Crippen LogP contribution in [0.2, 0.25) is 0 Å². The van der Waals surface area contributed by atoms with Gasteiger partial charge in [-0.15, -0.1) is 0 Å². The van der Waals surface area contributed by atoms with E-state index in [4.69, 9.17) is 0 Å². The molecule has 0 aliphatic heterocycles. The number of carbonyl (C=O) groups is 1. The van der Waals surface area contributed by atoms with E-state index in [1.165, 1.54) is 19.3 Å². The molecule has 0 saturated heterocycles. The van der Waals surface area contributed by atoms with Crippen LogP contribution in [0.5, 0.6) is 0 Å². The third kappa shape index (κ3) is 3.89. The number of hydrazone groups is 1. The fourth-order valence-corrected chi connectivity index (χ4v) is 3.06. The summed E-state index contributed by atoms with van der Waals surface area (Å²) in [4.78, 5) is 12.0. The second kappa shape index (κ2) is 7.27. The number of anilines is 1. The lowest BCUT2D eigenvalue weighted by atomic mass is 9.89. The average molecular weight is 309 g/mol. The van der Waals surface area contributed by atoms with E-state index < -0.39 is 0 Å². The number of amides is 1. The van der Waals surface area contributed by atoms with Crippen LogP contribution in [0, 0.1) is 5.92 Å². The maximum absolute atomic E-state index is 12.0. The normalized spacial score (nSPS) is 19.7. The summed E-state index contributed by atoms with van der Waals surface area (Å²) < 4.78 is 0. The van der Waals surface area contributed by atoms with E-state index in [9.17, 15) is 4.79 Å². The van der Waals surface area contributed by atoms with Crippen LogP contribution in [0.25, 0.3) is 10.8 Å². The van der Waals surface area contributed by atoms with E-state index in [0.29, 0.717) is 5.92 Å². The first-order chi connectivity index (χ1) is 11.2. The Morgan fingerprint density at radius 2 is 2.00 bits per heavy atom. The van der Waals surface area contributed by atoms with Crippen LogP contribution in [0.4, 0.5) is 5.69 Å². The first-order valence-electron chi connectivity index (χ1n) is 8.31. The quantitative estimate of drug-likeness (QED) is 0.841. The first kappa shape index (κ1) is 15.5. The maximum Gasteiger partial charge on any atom is 0.259 e. The number of hydrogen-bond acceptors (Lipinski definition) is 3. The number of nitrogens with one attached hydrogen (secondary N) is 2. The molecule has 2 N–H and O–H groups in total. The third-order valence-electron chi connectivity index (χ3n) is 4.44. The third-order valence-corrected chi connectivity index (χ3v) is 4.44. The molecule has 1 fully saturated rings. The zero-order chi connectivity index (χ0) is 16.1. The van der Waals surface area contributed by atoms with Crippen molar-refractivity contribution in [1.29, 1.82) is 0 Å². The second-order valence-corrected chi connectivity index (χ2v) is 6.17. The Morgan fingerprint density at radius 3 is 2.87 bits per heavy atom. The van der Waals surface area contributed by atoms with E-state index in [1.54, 1.807) is 0 Å². The van der Waals surface area contributed by atoms with Gasteiger partial charge in [0.05, 0.1) is 6.54 Å². The van der Waals surface area contributed by atoms with Gasteiger partial charge in [-0.2, -0.15) is 5.10 Å². The van der Waals surface area contributed by atoms with Crippen LogP contribution in [0.1, 0.15) is 32.6 Å². The van der Waals surface area contributed by atoms with Crippen molar-refractivity contribution >= 4 is 28.1 Å². The smallest absolute Gasteiger partial charge is 0.259 e. The predicted octanol–water partition coefficient (Wildman–Crippen LogP) is 3.93. The van der Waals surface area contributed by atoms with Crippen LogP contribution in [-0.2, 0) is 4.79 Å². The number of carbonyl (C=O) groups excluding carboxylic acids is 1. The molecular formula is C19H23N3O. The fourth-order valence-electron chi connectivity index (χ4n) is 3.06. The van der Waals surface area contributed by atoms with Crippen molar-refractivity contribution in [2.45, 2.75) is 32.6 Å². The van der Waals surface area contributed by atoms with Gasteiger partial charge >= 0.3 is 0 Å². The summed E-state index contributed by atoms with van der Waals surface area (Å²) in [7, 11) is 0. The SMILES string of the molecule is C[C@@H]1CCCC/C1=N\NC(=O)CNc1cccc2ccccc12. The van der Waals surface area contributed by atoms with Gasteiger partial charge in [0.2, 0.25) is 0 Å². The lowest BCUT2D eigenvalue weighted by molar-refractivity contribution is -0.119. The van der Waals surface area contributed by atoms with Crippen molar-refractivity contribution < 1.29 is 4.79 Å². The van der Waals surface area contributed by atoms with Gasteiger partial charge < -0.3 is 5.32 Å². The highest BCUT2D eigenvalue weighted by atomic mass is 16.2. The van der Waals surface area contributed by atoms with Gasteiger partial charge in [-0.1, -0.05) is 49.7 Å². The molecule has 0 unspecified atom stereocenters. The first-order valence-corrected chi connectivity index (χ1v) is 8.31. The van der Waals surface area contributed by atoms with Crippen molar-refractivity contribution in [3.05, 3.63) is 42.5 Å². The lowest BCUT2D eigenvalue weighted by Crippen LogP contribution is -2.29. The molecule has 0 bridgehead atoms. The summed E-state index contributed by atoms with van der Waals surface area (Å²) in [6, 6.07) is 14.2. The van der Waals surface area contributed by atoms with Crippen LogP contribution in [0.3, 0.4) is 0 Å². The van der Waals surface area contributed by atoms with Gasteiger partial charge in [-0.3, -0.25) is 4.79 Å². The van der Waals surface area contributed by atoms with Crippen molar-refractivity contribution in [2.75, 3.05) is 11.9 Å². The largest absolute Gasteiger partial charge is 0.376 e. The summed E-state index contributed by atoms with van der Waals surface area (Å²) in [6.07, 6.45) is 4.60. The molecule has 4 heteroatoms. The van der Waals surface area contributed by atoms with Gasteiger partial charge in [-0.25, -0.2) is 5.43 Å². The fraction of sp³-hybridized carbons (Fsp3) is 0.368. The summed E-state index contributed by atoms with van der Waals surface area (Å²) >= 11 is 0. The molecule has 23 heavy (non-hydrogen) atoms. The number of hydrogen-bond donors (Lipinski definition) is 2. The number of nitrogens with zero attached hydrogens (tertiary/aromatic N) is 1. The van der Waals surface area contributed by atoms with Gasteiger partial charge in [-0.05, 0) is 36.6 Å². The van der Waals surface area contributed by atoms with Gasteiger partial charge in [0.15, 0.2) is 0 Å². The zero-order valence-corrected chi connectivity index (χ0v) is 13.5. The minimum absolute atomic E-state index is 0.108. The molecule has 1 aliphatic carbocycles. The van der Waals surface area contributed by atoms with Crippen LogP contribution < -0.4 is 10.7 Å². The molecule has 1 aliphatic rings. The Kier molecular flexibility index (Phi) is 4.91. The molecule has 4 nitrogen and oxygen atoms in total. The molecule has 0 radical (unpaired) electrons. The highest BCUT2D eigenvalue weighted by molar-refractivity contribution is 5.95. The number of rotatable bonds is 4. The van der Waals surface area contributed by atoms with Gasteiger partial charge in [0, 0.05) is 16.8 Å². The average Bonchev–Trinajstić information content (AvgIpc) is 2.59. The van der Waals surface area contributed by atoms with Crippen LogP contribution in [-0.4, -0.2) is 18.2 Å². The molecule has 2 aromatic carbocycles. The van der Waals surface area contributed by atoms with Crippen molar-refractivity contribution in [1.82, 2.24) is 5.43 Å². The Hall–Kier alpha value is -2.36. The van der Waals surface area contributed by atoms with E-state index in [1.807, 2.05) is 24.3 Å². The zero-order valence-electron chi connectivity index (χ0n) is 13.5. The molecular weight excluding hydrogens is 286 g/mol. The number of fused-ring (bicyclic) bond motifs is 1.